The fourth-order valence-electron chi connectivity index (χ4n) is 4.85. The van der Waals surface area contributed by atoms with E-state index in [1.807, 2.05) is 12.1 Å². The lowest BCUT2D eigenvalue weighted by Gasteiger charge is -2.23. The van der Waals surface area contributed by atoms with Crippen molar-refractivity contribution in [1.29, 1.82) is 0 Å². The summed E-state index contributed by atoms with van der Waals surface area (Å²) in [5.74, 6) is -0.192. The van der Waals surface area contributed by atoms with Crippen molar-refractivity contribution in [3.63, 3.8) is 0 Å². The Labute approximate surface area is 252 Å². The number of aliphatic hydroxyl groups excluding tert-OH is 1. The predicted octanol–water partition coefficient (Wildman–Crippen LogP) is 5.23. The maximum Gasteiger partial charge on any atom is 0.416 e. The summed E-state index contributed by atoms with van der Waals surface area (Å²) < 4.78 is 45.1. The van der Waals surface area contributed by atoms with Gasteiger partial charge in [-0.1, -0.05) is 30.4 Å². The van der Waals surface area contributed by atoms with E-state index in [2.05, 4.69) is 20.5 Å². The van der Waals surface area contributed by atoms with E-state index in [1.54, 1.807) is 30.5 Å². The van der Waals surface area contributed by atoms with Crippen LogP contribution in [0.5, 0.6) is 0 Å². The first-order valence-corrected chi connectivity index (χ1v) is 13.5. The third-order valence-corrected chi connectivity index (χ3v) is 7.03. The fourth-order valence-corrected chi connectivity index (χ4v) is 4.85. The van der Waals surface area contributed by atoms with Crippen molar-refractivity contribution < 1.29 is 32.6 Å². The van der Waals surface area contributed by atoms with Crippen LogP contribution in [-0.2, 0) is 26.9 Å². The van der Waals surface area contributed by atoms with Crippen molar-refractivity contribution in [3.8, 4) is 0 Å². The number of ether oxygens (including phenoxy) is 1. The molecule has 0 saturated carbocycles. The van der Waals surface area contributed by atoms with E-state index >= 15 is 0 Å². The van der Waals surface area contributed by atoms with Gasteiger partial charge in [-0.2, -0.15) is 13.2 Å². The molecule has 0 radical (unpaired) electrons. The number of hydrogen-bond donors (Lipinski definition) is 3. The molecule has 2 aromatic carbocycles. The van der Waals surface area contributed by atoms with Crippen molar-refractivity contribution in [1.82, 2.24) is 4.98 Å². The normalized spacial score (nSPS) is 17.5. The van der Waals surface area contributed by atoms with Crippen molar-refractivity contribution >= 4 is 47.0 Å². The van der Waals surface area contributed by atoms with Crippen LogP contribution < -0.4 is 15.5 Å². The Kier molecular flexibility index (Phi) is 10.2. The second-order valence-corrected chi connectivity index (χ2v) is 9.90. The summed E-state index contributed by atoms with van der Waals surface area (Å²) in [6.45, 7) is 2.82. The van der Waals surface area contributed by atoms with Crippen LogP contribution in [0, 0.1) is 0 Å². The molecule has 5 rings (SSSR count). The third-order valence-electron chi connectivity index (χ3n) is 7.03. The molecule has 3 aromatic rings. The highest BCUT2D eigenvalue weighted by Gasteiger charge is 2.30. The average molecular weight is 615 g/mol. The minimum Gasteiger partial charge on any atom is -0.383 e. The zero-order chi connectivity index (χ0) is 29.7. The SMILES string of the molecule is Cl.O=C(/C=C/C=C(/c1ccc(C(F)(F)F)cc1)c1ccc(N2CCCOCC2)nc1)Nc1cccc2c1CC(O)C(=O)N2. The Morgan fingerprint density at radius 2 is 1.84 bits per heavy atom. The molecule has 1 atom stereocenters. The van der Waals surface area contributed by atoms with Gasteiger partial charge in [0.1, 0.15) is 11.9 Å². The number of rotatable bonds is 6. The summed E-state index contributed by atoms with van der Waals surface area (Å²) in [5.41, 5.74) is 2.57. The molecule has 1 unspecified atom stereocenters. The van der Waals surface area contributed by atoms with E-state index in [9.17, 15) is 27.9 Å². The summed E-state index contributed by atoms with van der Waals surface area (Å²) in [4.78, 5) is 31.3. The number of nitrogens with one attached hydrogen (secondary N) is 2. The Bertz CT molecular complexity index is 1500. The highest BCUT2D eigenvalue weighted by Crippen LogP contribution is 2.32. The van der Waals surface area contributed by atoms with Crippen LogP contribution in [-0.4, -0.2) is 54.3 Å². The Balaban J connectivity index is 0.00000423. The first-order chi connectivity index (χ1) is 20.2. The molecule has 3 N–H and O–H groups in total. The second-order valence-electron chi connectivity index (χ2n) is 9.90. The molecule has 0 spiro atoms. The quantitative estimate of drug-likeness (QED) is 0.260. The van der Waals surface area contributed by atoms with Crippen LogP contribution in [0.4, 0.5) is 30.4 Å². The van der Waals surface area contributed by atoms with Gasteiger partial charge in [0, 0.05) is 60.9 Å². The summed E-state index contributed by atoms with van der Waals surface area (Å²) >= 11 is 0. The van der Waals surface area contributed by atoms with Crippen LogP contribution in [0.25, 0.3) is 5.57 Å². The molecule has 12 heteroatoms. The first-order valence-electron chi connectivity index (χ1n) is 13.5. The zero-order valence-electron chi connectivity index (χ0n) is 22.9. The summed E-state index contributed by atoms with van der Waals surface area (Å²) in [5, 5.41) is 15.3. The van der Waals surface area contributed by atoms with Gasteiger partial charge in [0.2, 0.25) is 5.91 Å². The number of alkyl halides is 3. The van der Waals surface area contributed by atoms with Gasteiger partial charge in [-0.15, -0.1) is 12.4 Å². The number of nitrogens with zero attached hydrogens (tertiary/aromatic N) is 2. The molecule has 0 bridgehead atoms. The minimum absolute atomic E-state index is 0. The van der Waals surface area contributed by atoms with Crippen LogP contribution in [0.3, 0.4) is 0 Å². The Hall–Kier alpha value is -4.19. The standard InChI is InChI=1S/C31H29F3N4O4.ClH/c32-31(33,34)22-11-8-20(9-12-22)23(21-10-13-28(35-19-21)38-14-3-16-42-17-15-38)4-1-7-29(40)36-25-5-2-6-26-24(25)18-27(39)30(41)37-26;/h1-2,4-13,19,27,39H,3,14-18H2,(H,36,40)(H,37,41);1H/b7-1+,23-4-;. The molecule has 3 heterocycles. The van der Waals surface area contributed by atoms with Gasteiger partial charge in [0.05, 0.1) is 12.2 Å². The molecule has 43 heavy (non-hydrogen) atoms. The number of carbonyl (C=O) groups excluding carboxylic acids is 2. The van der Waals surface area contributed by atoms with Crippen LogP contribution >= 0.6 is 12.4 Å². The van der Waals surface area contributed by atoms with Crippen molar-refractivity contribution in [3.05, 3.63) is 101 Å². The largest absolute Gasteiger partial charge is 0.416 e. The number of aromatic nitrogens is 1. The molecule has 2 aliphatic heterocycles. The molecule has 2 aliphatic rings. The lowest BCUT2D eigenvalue weighted by molar-refractivity contribution is -0.137. The molecule has 226 valence electrons. The topological polar surface area (TPSA) is 104 Å². The summed E-state index contributed by atoms with van der Waals surface area (Å²) in [7, 11) is 0. The first kappa shape index (κ1) is 31.7. The number of allylic oxidation sites excluding steroid dienone is 2. The number of hydrogen-bond acceptors (Lipinski definition) is 6. The number of halogens is 4. The van der Waals surface area contributed by atoms with E-state index in [0.717, 1.165) is 30.9 Å². The fraction of sp³-hybridized carbons (Fsp3) is 0.258. The molecular weight excluding hydrogens is 585 g/mol. The maximum atomic E-state index is 13.2. The van der Waals surface area contributed by atoms with E-state index < -0.39 is 29.7 Å². The number of aliphatic hydroxyl groups is 1. The van der Waals surface area contributed by atoms with Gasteiger partial charge in [0.25, 0.3) is 5.91 Å². The van der Waals surface area contributed by atoms with Crippen LogP contribution in [0.2, 0.25) is 0 Å². The van der Waals surface area contributed by atoms with E-state index in [-0.39, 0.29) is 18.8 Å². The molecule has 1 aromatic heterocycles. The molecule has 1 saturated heterocycles. The molecule has 2 amide bonds. The van der Waals surface area contributed by atoms with Gasteiger partial charge in [0.15, 0.2) is 0 Å². The summed E-state index contributed by atoms with van der Waals surface area (Å²) in [6, 6.07) is 13.5. The molecule has 0 aliphatic carbocycles. The van der Waals surface area contributed by atoms with E-state index in [0.29, 0.717) is 53.4 Å². The van der Waals surface area contributed by atoms with Crippen molar-refractivity contribution in [2.75, 3.05) is 41.8 Å². The van der Waals surface area contributed by atoms with Crippen molar-refractivity contribution in [2.24, 2.45) is 0 Å². The maximum absolute atomic E-state index is 13.2. The molecule has 8 nitrogen and oxygen atoms in total. The second kappa shape index (κ2) is 13.9. The highest BCUT2D eigenvalue weighted by atomic mass is 35.5. The average Bonchev–Trinajstić information content (AvgIpc) is 3.26. The predicted molar refractivity (Wildman–Crippen MR) is 160 cm³/mol. The van der Waals surface area contributed by atoms with Crippen LogP contribution in [0.15, 0.2) is 79.0 Å². The molecule has 1 fully saturated rings. The Morgan fingerprint density at radius 1 is 1.07 bits per heavy atom. The third kappa shape index (κ3) is 7.81. The van der Waals surface area contributed by atoms with Crippen molar-refractivity contribution in [2.45, 2.75) is 25.1 Å². The Morgan fingerprint density at radius 3 is 2.56 bits per heavy atom. The number of benzene rings is 2. The number of pyridine rings is 1. The van der Waals surface area contributed by atoms with Gasteiger partial charge >= 0.3 is 6.18 Å². The van der Waals surface area contributed by atoms with E-state index in [1.165, 1.54) is 24.3 Å². The minimum atomic E-state index is -4.46. The number of carbonyl (C=O) groups is 2. The highest BCUT2D eigenvalue weighted by molar-refractivity contribution is 6.03. The van der Waals surface area contributed by atoms with Gasteiger partial charge in [-0.3, -0.25) is 9.59 Å². The lowest BCUT2D eigenvalue weighted by Crippen LogP contribution is -2.34. The van der Waals surface area contributed by atoms with E-state index in [4.69, 9.17) is 4.74 Å². The lowest BCUT2D eigenvalue weighted by atomic mass is 9.97. The smallest absolute Gasteiger partial charge is 0.383 e. The summed E-state index contributed by atoms with van der Waals surface area (Å²) in [6.07, 6.45) is 1.37. The van der Waals surface area contributed by atoms with Crippen LogP contribution in [0.1, 0.15) is 28.7 Å². The molecular formula is C31H30ClF3N4O4. The monoisotopic (exact) mass is 614 g/mol. The number of fused-ring (bicyclic) bond motifs is 1. The zero-order valence-corrected chi connectivity index (χ0v) is 23.8. The van der Waals surface area contributed by atoms with Gasteiger partial charge < -0.3 is 25.4 Å². The van der Waals surface area contributed by atoms with Gasteiger partial charge in [-0.25, -0.2) is 4.98 Å². The number of amides is 2. The van der Waals surface area contributed by atoms with Gasteiger partial charge in [-0.05, 0) is 54.0 Å². The number of anilines is 3.